The summed E-state index contributed by atoms with van der Waals surface area (Å²) < 4.78 is 0. The minimum atomic E-state index is -0.0690. The number of likely N-dealkylation sites (N-methyl/N-ethyl adjacent to an activating group) is 1. The monoisotopic (exact) mass is 167 g/mol. The zero-order chi connectivity index (χ0) is 9.14. The Balaban J connectivity index is 2.45. The van der Waals surface area contributed by atoms with Crippen molar-refractivity contribution in [1.29, 1.82) is 5.26 Å². The highest BCUT2D eigenvalue weighted by molar-refractivity contribution is 5.76. The van der Waals surface area contributed by atoms with Gasteiger partial charge in [0.1, 0.15) is 0 Å². The van der Waals surface area contributed by atoms with Crippen molar-refractivity contribution in [3.8, 4) is 6.07 Å². The third-order valence-corrected chi connectivity index (χ3v) is 2.02. The summed E-state index contributed by atoms with van der Waals surface area (Å²) in [6.45, 7) is 3.91. The molecule has 1 rings (SSSR count). The molecule has 1 aliphatic heterocycles. The summed E-state index contributed by atoms with van der Waals surface area (Å²) in [4.78, 5) is 14.7. The predicted octanol–water partition coefficient (Wildman–Crippen LogP) is 0.513. The Kier molecular flexibility index (Phi) is 2.54. The lowest BCUT2D eigenvalue weighted by Crippen LogP contribution is -2.32. The van der Waals surface area contributed by atoms with Crippen LogP contribution >= 0.6 is 0 Å². The van der Waals surface area contributed by atoms with Crippen LogP contribution in [-0.2, 0) is 0 Å². The van der Waals surface area contributed by atoms with Crippen molar-refractivity contribution in [1.82, 2.24) is 9.80 Å². The average Bonchev–Trinajstić information content (AvgIpc) is 2.36. The molecule has 66 valence electrons. The number of nitriles is 1. The van der Waals surface area contributed by atoms with E-state index in [-0.39, 0.29) is 11.9 Å². The summed E-state index contributed by atoms with van der Waals surface area (Å²) in [5.74, 6) is -0.0690. The number of carbonyl (C=O) groups is 1. The minimum Gasteiger partial charge on any atom is -0.326 e. The number of urea groups is 1. The maximum absolute atomic E-state index is 11.3. The highest BCUT2D eigenvalue weighted by atomic mass is 16.2. The second-order valence-corrected chi connectivity index (χ2v) is 3.18. The van der Waals surface area contributed by atoms with E-state index in [1.165, 1.54) is 0 Å². The first kappa shape index (κ1) is 8.85. The summed E-state index contributed by atoms with van der Waals surface area (Å²) in [5, 5.41) is 8.55. The Morgan fingerprint density at radius 1 is 1.67 bits per heavy atom. The maximum atomic E-state index is 11.3. The van der Waals surface area contributed by atoms with Gasteiger partial charge in [0.2, 0.25) is 0 Å². The molecular weight excluding hydrogens is 154 g/mol. The Morgan fingerprint density at radius 2 is 2.33 bits per heavy atom. The van der Waals surface area contributed by atoms with E-state index in [1.54, 1.807) is 16.8 Å². The van der Waals surface area contributed by atoms with E-state index in [9.17, 15) is 4.79 Å². The molecule has 4 heteroatoms. The molecule has 0 aromatic carbocycles. The van der Waals surface area contributed by atoms with Gasteiger partial charge in [-0.3, -0.25) is 0 Å². The lowest BCUT2D eigenvalue weighted by Gasteiger charge is -2.16. The lowest BCUT2D eigenvalue weighted by molar-refractivity contribution is 0.196. The van der Waals surface area contributed by atoms with Gasteiger partial charge in [-0.15, -0.1) is 0 Å². The van der Waals surface area contributed by atoms with Crippen LogP contribution in [0.15, 0.2) is 0 Å². The molecule has 1 atom stereocenters. The van der Waals surface area contributed by atoms with E-state index in [1.807, 2.05) is 6.92 Å². The first-order valence-corrected chi connectivity index (χ1v) is 4.05. The number of carbonyl (C=O) groups excluding carboxylic acids is 1. The molecule has 1 heterocycles. The van der Waals surface area contributed by atoms with Crippen molar-refractivity contribution in [3.05, 3.63) is 0 Å². The number of amides is 2. The van der Waals surface area contributed by atoms with Crippen LogP contribution in [0.4, 0.5) is 4.79 Å². The van der Waals surface area contributed by atoms with Gasteiger partial charge in [-0.1, -0.05) is 0 Å². The Bertz CT molecular complexity index is 221. The molecule has 1 fully saturated rings. The predicted molar refractivity (Wildman–Crippen MR) is 44.4 cm³/mol. The summed E-state index contributed by atoms with van der Waals surface area (Å²) in [7, 11) is 1.78. The van der Waals surface area contributed by atoms with Crippen LogP contribution in [-0.4, -0.2) is 42.5 Å². The number of hydrogen-bond donors (Lipinski definition) is 0. The van der Waals surface area contributed by atoms with Gasteiger partial charge in [0.15, 0.2) is 0 Å². The van der Waals surface area contributed by atoms with E-state index in [4.69, 9.17) is 5.26 Å². The van der Waals surface area contributed by atoms with Crippen LogP contribution < -0.4 is 0 Å². The molecule has 0 bridgehead atoms. The molecule has 4 nitrogen and oxygen atoms in total. The fourth-order valence-electron chi connectivity index (χ4n) is 1.24. The van der Waals surface area contributed by atoms with E-state index in [0.717, 1.165) is 13.1 Å². The second kappa shape index (κ2) is 3.44. The van der Waals surface area contributed by atoms with E-state index in [2.05, 4.69) is 6.07 Å². The largest absolute Gasteiger partial charge is 0.326 e. The lowest BCUT2D eigenvalue weighted by atomic mass is 10.2. The Labute approximate surface area is 72.4 Å². The van der Waals surface area contributed by atoms with E-state index < -0.39 is 0 Å². The molecule has 0 aromatic heterocycles. The third-order valence-electron chi connectivity index (χ3n) is 2.02. The van der Waals surface area contributed by atoms with Gasteiger partial charge in [0.25, 0.3) is 0 Å². The zero-order valence-corrected chi connectivity index (χ0v) is 7.45. The van der Waals surface area contributed by atoms with Crippen LogP contribution in [0.1, 0.15) is 6.92 Å². The average molecular weight is 167 g/mol. The molecule has 0 radical (unpaired) electrons. The number of rotatable bonds is 2. The van der Waals surface area contributed by atoms with Crippen molar-refractivity contribution in [2.24, 2.45) is 5.92 Å². The van der Waals surface area contributed by atoms with Crippen LogP contribution in [0.5, 0.6) is 0 Å². The number of hydrogen-bond acceptors (Lipinski definition) is 2. The summed E-state index contributed by atoms with van der Waals surface area (Å²) in [6, 6.07) is 2.15. The van der Waals surface area contributed by atoms with Crippen molar-refractivity contribution in [2.75, 3.05) is 26.7 Å². The molecule has 0 N–H and O–H groups in total. The molecular formula is C8H13N3O. The van der Waals surface area contributed by atoms with Gasteiger partial charge in [-0.2, -0.15) is 5.26 Å². The van der Waals surface area contributed by atoms with Gasteiger partial charge in [0, 0.05) is 26.7 Å². The van der Waals surface area contributed by atoms with Crippen molar-refractivity contribution >= 4 is 6.03 Å². The van der Waals surface area contributed by atoms with Crippen LogP contribution in [0, 0.1) is 17.2 Å². The smallest absolute Gasteiger partial charge is 0.319 e. The molecule has 1 unspecified atom stereocenters. The molecule has 0 spiro atoms. The summed E-state index contributed by atoms with van der Waals surface area (Å²) >= 11 is 0. The van der Waals surface area contributed by atoms with Crippen molar-refractivity contribution < 1.29 is 4.79 Å². The maximum Gasteiger partial charge on any atom is 0.319 e. The highest BCUT2D eigenvalue weighted by Crippen LogP contribution is 2.08. The molecule has 0 saturated carbocycles. The molecule has 0 aliphatic carbocycles. The summed E-state index contributed by atoms with van der Waals surface area (Å²) in [6.07, 6.45) is 0. The molecule has 1 aliphatic rings. The Hall–Kier alpha value is -1.24. The normalized spacial score (nSPS) is 19.6. The molecule has 2 amide bonds. The fourth-order valence-corrected chi connectivity index (χ4v) is 1.24. The second-order valence-electron chi connectivity index (χ2n) is 3.18. The highest BCUT2D eigenvalue weighted by Gasteiger charge is 2.25. The van der Waals surface area contributed by atoms with Crippen LogP contribution in [0.3, 0.4) is 0 Å². The van der Waals surface area contributed by atoms with Crippen molar-refractivity contribution in [2.45, 2.75) is 6.92 Å². The van der Waals surface area contributed by atoms with Gasteiger partial charge in [-0.05, 0) is 6.92 Å². The topological polar surface area (TPSA) is 47.3 Å². The molecule has 12 heavy (non-hydrogen) atoms. The van der Waals surface area contributed by atoms with Crippen molar-refractivity contribution in [3.63, 3.8) is 0 Å². The summed E-state index contributed by atoms with van der Waals surface area (Å²) in [5.41, 5.74) is 0. The van der Waals surface area contributed by atoms with Crippen LogP contribution in [0.25, 0.3) is 0 Å². The number of nitrogens with zero attached hydrogens (tertiary/aromatic N) is 3. The van der Waals surface area contributed by atoms with E-state index >= 15 is 0 Å². The first-order valence-electron chi connectivity index (χ1n) is 4.05. The third kappa shape index (κ3) is 1.67. The van der Waals surface area contributed by atoms with Crippen LogP contribution in [0.2, 0.25) is 0 Å². The van der Waals surface area contributed by atoms with Gasteiger partial charge >= 0.3 is 6.03 Å². The van der Waals surface area contributed by atoms with E-state index in [0.29, 0.717) is 6.54 Å². The Morgan fingerprint density at radius 3 is 2.75 bits per heavy atom. The SMILES string of the molecule is CC(C#N)CN1CCN(C)C1=O. The van der Waals surface area contributed by atoms with Gasteiger partial charge in [-0.25, -0.2) is 4.79 Å². The fraction of sp³-hybridized carbons (Fsp3) is 0.750. The first-order chi connectivity index (χ1) is 5.65. The van der Waals surface area contributed by atoms with Gasteiger partial charge in [0.05, 0.1) is 12.0 Å². The molecule has 1 saturated heterocycles. The molecule has 0 aromatic rings. The minimum absolute atomic E-state index is 0.0390. The quantitative estimate of drug-likeness (QED) is 0.601. The zero-order valence-electron chi connectivity index (χ0n) is 7.45. The van der Waals surface area contributed by atoms with Gasteiger partial charge < -0.3 is 9.80 Å². The standard InChI is InChI=1S/C8H13N3O/c1-7(5-9)6-11-4-3-10(2)8(11)12/h7H,3-4,6H2,1-2H3.